The number of ether oxygens (including phenoxy) is 3. The summed E-state index contributed by atoms with van der Waals surface area (Å²) in [5.74, 6) is -14.3. The van der Waals surface area contributed by atoms with E-state index in [4.69, 9.17) is 0 Å². The van der Waals surface area contributed by atoms with Gasteiger partial charge in [0.2, 0.25) is 0 Å². The van der Waals surface area contributed by atoms with Gasteiger partial charge in [-0.2, -0.15) is 17.6 Å². The molecule has 0 amide bonds. The summed E-state index contributed by atoms with van der Waals surface area (Å²) in [4.78, 5) is 33.7. The van der Waals surface area contributed by atoms with Gasteiger partial charge in [-0.05, 0) is 32.6 Å². The highest BCUT2D eigenvalue weighted by atomic mass is 19.3. The van der Waals surface area contributed by atoms with Crippen LogP contribution in [0.15, 0.2) is 12.2 Å². The molecule has 0 heterocycles. The van der Waals surface area contributed by atoms with E-state index in [1.807, 2.05) is 0 Å². The molecule has 10 heteroatoms. The third kappa shape index (κ3) is 6.64. The molecule has 0 unspecified atom stereocenters. The van der Waals surface area contributed by atoms with Gasteiger partial charge in [-0.1, -0.05) is 6.58 Å². The number of alkyl halides is 4. The molecular formula is C16H20F4O6. The van der Waals surface area contributed by atoms with Crippen LogP contribution in [0.1, 0.15) is 39.0 Å². The van der Waals surface area contributed by atoms with Crippen LogP contribution in [0.2, 0.25) is 0 Å². The van der Waals surface area contributed by atoms with E-state index in [0.717, 1.165) is 0 Å². The maximum Gasteiger partial charge on any atom is 0.377 e. The van der Waals surface area contributed by atoms with Gasteiger partial charge in [0.05, 0.1) is 6.42 Å². The number of hydrogen-bond acceptors (Lipinski definition) is 6. The molecule has 0 aromatic carbocycles. The van der Waals surface area contributed by atoms with Gasteiger partial charge >= 0.3 is 29.8 Å². The quantitative estimate of drug-likeness (QED) is 0.200. The molecule has 0 aliphatic heterocycles. The van der Waals surface area contributed by atoms with Gasteiger partial charge in [-0.15, -0.1) is 0 Å². The van der Waals surface area contributed by atoms with E-state index in [1.165, 1.54) is 6.92 Å². The van der Waals surface area contributed by atoms with Crippen molar-refractivity contribution in [2.45, 2.75) is 57.0 Å². The third-order valence-corrected chi connectivity index (χ3v) is 3.52. The van der Waals surface area contributed by atoms with Crippen LogP contribution in [-0.2, 0) is 28.6 Å². The van der Waals surface area contributed by atoms with Crippen molar-refractivity contribution >= 4 is 17.9 Å². The minimum absolute atomic E-state index is 0.0436. The Morgan fingerprint density at radius 1 is 0.962 bits per heavy atom. The Labute approximate surface area is 147 Å². The van der Waals surface area contributed by atoms with Crippen LogP contribution in [0, 0.1) is 0 Å². The zero-order valence-corrected chi connectivity index (χ0v) is 14.2. The van der Waals surface area contributed by atoms with Crippen molar-refractivity contribution in [1.29, 1.82) is 0 Å². The van der Waals surface area contributed by atoms with Crippen molar-refractivity contribution in [1.82, 2.24) is 0 Å². The molecule has 1 fully saturated rings. The van der Waals surface area contributed by atoms with Crippen LogP contribution >= 0.6 is 0 Å². The second kappa shape index (κ2) is 9.00. The number of hydrogen-bond donors (Lipinski definition) is 0. The highest BCUT2D eigenvalue weighted by molar-refractivity contribution is 5.87. The fourth-order valence-electron chi connectivity index (χ4n) is 2.16. The molecule has 0 saturated heterocycles. The monoisotopic (exact) mass is 384 g/mol. The summed E-state index contributed by atoms with van der Waals surface area (Å²) in [6.07, 6.45) is -0.913. The van der Waals surface area contributed by atoms with Crippen molar-refractivity contribution in [2.75, 3.05) is 13.2 Å². The van der Waals surface area contributed by atoms with E-state index in [9.17, 15) is 31.9 Å². The van der Waals surface area contributed by atoms with Crippen molar-refractivity contribution in [3.05, 3.63) is 12.2 Å². The summed E-state index contributed by atoms with van der Waals surface area (Å²) in [6, 6.07) is 0. The summed E-state index contributed by atoms with van der Waals surface area (Å²) in [5, 5.41) is 0. The lowest BCUT2D eigenvalue weighted by Crippen LogP contribution is -2.43. The van der Waals surface area contributed by atoms with Crippen molar-refractivity contribution < 1.29 is 46.2 Å². The molecule has 1 aliphatic carbocycles. The molecule has 148 valence electrons. The van der Waals surface area contributed by atoms with Gasteiger partial charge in [0, 0.05) is 5.57 Å². The molecule has 0 bridgehead atoms. The van der Waals surface area contributed by atoms with Gasteiger partial charge < -0.3 is 14.2 Å². The molecule has 26 heavy (non-hydrogen) atoms. The highest BCUT2D eigenvalue weighted by Gasteiger charge is 2.55. The summed E-state index contributed by atoms with van der Waals surface area (Å²) in [7, 11) is 0. The Morgan fingerprint density at radius 3 is 2.00 bits per heavy atom. The maximum absolute atomic E-state index is 13.7. The first-order valence-corrected chi connectivity index (χ1v) is 7.92. The molecule has 1 rings (SSSR count). The van der Waals surface area contributed by atoms with Crippen molar-refractivity contribution in [3.8, 4) is 0 Å². The minimum Gasteiger partial charge on any atom is -0.459 e. The summed E-state index contributed by atoms with van der Waals surface area (Å²) >= 11 is 0. The predicted molar refractivity (Wildman–Crippen MR) is 79.6 cm³/mol. The van der Waals surface area contributed by atoms with Gasteiger partial charge in [-0.3, -0.25) is 0 Å². The van der Waals surface area contributed by atoms with Gasteiger partial charge in [0.25, 0.3) is 0 Å². The number of esters is 3. The Kier molecular flexibility index (Phi) is 7.58. The van der Waals surface area contributed by atoms with E-state index in [2.05, 4.69) is 20.8 Å². The second-order valence-electron chi connectivity index (χ2n) is 5.95. The van der Waals surface area contributed by atoms with Crippen LogP contribution in [-0.4, -0.2) is 49.1 Å². The molecule has 0 radical (unpaired) electrons. The van der Waals surface area contributed by atoms with Crippen LogP contribution in [0.4, 0.5) is 17.6 Å². The normalized spacial score (nSPS) is 15.4. The first kappa shape index (κ1) is 21.9. The van der Waals surface area contributed by atoms with E-state index >= 15 is 0 Å². The van der Waals surface area contributed by atoms with Crippen LogP contribution < -0.4 is 0 Å². The first-order valence-electron chi connectivity index (χ1n) is 7.92. The molecule has 0 aromatic heterocycles. The van der Waals surface area contributed by atoms with E-state index in [1.54, 1.807) is 0 Å². The average Bonchev–Trinajstić information content (AvgIpc) is 3.02. The van der Waals surface area contributed by atoms with Gasteiger partial charge in [-0.25, -0.2) is 14.4 Å². The molecule has 0 N–H and O–H groups in total. The SMILES string of the molecule is C=C(C)C(=O)OCCOC(=O)C(F)(F)CC(F)(F)C(=O)OC1CCCC1. The first-order chi connectivity index (χ1) is 12.0. The topological polar surface area (TPSA) is 78.9 Å². The summed E-state index contributed by atoms with van der Waals surface area (Å²) in [6.45, 7) is 3.31. The van der Waals surface area contributed by atoms with E-state index < -0.39 is 55.5 Å². The van der Waals surface area contributed by atoms with Gasteiger partial charge in [0.15, 0.2) is 0 Å². The molecule has 0 spiro atoms. The Balaban J connectivity index is 2.48. The molecule has 0 aromatic rings. The average molecular weight is 384 g/mol. The highest BCUT2D eigenvalue weighted by Crippen LogP contribution is 2.34. The van der Waals surface area contributed by atoms with Crippen LogP contribution in [0.5, 0.6) is 0 Å². The van der Waals surface area contributed by atoms with Gasteiger partial charge in [0.1, 0.15) is 19.3 Å². The Hall–Kier alpha value is -2.13. The lowest BCUT2D eigenvalue weighted by molar-refractivity contribution is -0.199. The Bertz CT molecular complexity index is 555. The second-order valence-corrected chi connectivity index (χ2v) is 5.95. The van der Waals surface area contributed by atoms with Crippen molar-refractivity contribution in [3.63, 3.8) is 0 Å². The zero-order valence-electron chi connectivity index (χ0n) is 14.2. The lowest BCUT2D eigenvalue weighted by Gasteiger charge is -2.22. The van der Waals surface area contributed by atoms with Crippen molar-refractivity contribution in [2.24, 2.45) is 0 Å². The van der Waals surface area contributed by atoms with E-state index in [-0.39, 0.29) is 5.57 Å². The molecule has 1 saturated carbocycles. The van der Waals surface area contributed by atoms with Crippen LogP contribution in [0.25, 0.3) is 0 Å². The maximum atomic E-state index is 13.7. The molecule has 6 nitrogen and oxygen atoms in total. The standard InChI is InChI=1S/C16H20F4O6/c1-10(2)12(21)24-7-8-25-13(22)15(17,18)9-16(19,20)14(23)26-11-5-3-4-6-11/h11H,1,3-9H2,2H3. The predicted octanol–water partition coefficient (Wildman–Crippen LogP) is 2.80. The Morgan fingerprint density at radius 2 is 1.46 bits per heavy atom. The zero-order chi connectivity index (χ0) is 20.0. The largest absolute Gasteiger partial charge is 0.459 e. The smallest absolute Gasteiger partial charge is 0.377 e. The third-order valence-electron chi connectivity index (χ3n) is 3.52. The summed E-state index contributed by atoms with van der Waals surface area (Å²) < 4.78 is 67.7. The molecule has 0 atom stereocenters. The number of halogens is 4. The fourth-order valence-corrected chi connectivity index (χ4v) is 2.16. The number of rotatable bonds is 9. The number of carbonyl (C=O) groups excluding carboxylic acids is 3. The molecular weight excluding hydrogens is 364 g/mol. The lowest BCUT2D eigenvalue weighted by atomic mass is 10.1. The summed E-state index contributed by atoms with van der Waals surface area (Å²) in [5.41, 5.74) is 0.0436. The van der Waals surface area contributed by atoms with Crippen LogP contribution in [0.3, 0.4) is 0 Å². The van der Waals surface area contributed by atoms with E-state index in [0.29, 0.717) is 25.7 Å². The number of carbonyl (C=O) groups is 3. The molecule has 1 aliphatic rings. The minimum atomic E-state index is -4.61. The fraction of sp³-hybridized carbons (Fsp3) is 0.688.